The fraction of sp³-hybridized carbons (Fsp3) is 0.250. The summed E-state index contributed by atoms with van der Waals surface area (Å²) in [5, 5.41) is 3.77. The molecule has 2 aromatic rings. The Hall–Kier alpha value is -2.22. The van der Waals surface area contributed by atoms with E-state index >= 15 is 0 Å². The standard InChI is InChI=1S/C20H19Cl2N3O3S/c1-11-4-5-12(21)8-14(11)23-18(26)10-17-19(27)25(2)20(29-17)24-15-9-13(22)6-7-16(15)28-3/h4-9,17H,10H2,1-3H3,(H,23,26)/t17-/m1/s1. The number of amidine groups is 1. The average molecular weight is 452 g/mol. The van der Waals surface area contributed by atoms with Gasteiger partial charge in [-0.05, 0) is 42.8 Å². The van der Waals surface area contributed by atoms with Gasteiger partial charge in [0.25, 0.3) is 0 Å². The second kappa shape index (κ2) is 9.07. The van der Waals surface area contributed by atoms with Crippen molar-refractivity contribution in [1.29, 1.82) is 0 Å². The maximum Gasteiger partial charge on any atom is 0.242 e. The van der Waals surface area contributed by atoms with Crippen molar-refractivity contribution in [2.75, 3.05) is 19.5 Å². The summed E-state index contributed by atoms with van der Waals surface area (Å²) in [6.45, 7) is 1.87. The topological polar surface area (TPSA) is 71.0 Å². The Morgan fingerprint density at radius 2 is 1.93 bits per heavy atom. The molecular weight excluding hydrogens is 433 g/mol. The van der Waals surface area contributed by atoms with Crippen molar-refractivity contribution in [1.82, 2.24) is 4.90 Å². The van der Waals surface area contributed by atoms with Crippen molar-refractivity contribution in [3.05, 3.63) is 52.0 Å². The molecule has 1 atom stereocenters. The molecule has 0 aliphatic carbocycles. The second-order valence-electron chi connectivity index (χ2n) is 6.43. The molecule has 9 heteroatoms. The number of halogens is 2. The molecule has 1 aliphatic rings. The van der Waals surface area contributed by atoms with Crippen LogP contribution < -0.4 is 10.1 Å². The Morgan fingerprint density at radius 1 is 1.24 bits per heavy atom. The first-order valence-corrected chi connectivity index (χ1v) is 10.3. The summed E-state index contributed by atoms with van der Waals surface area (Å²) in [5.41, 5.74) is 2.03. The van der Waals surface area contributed by atoms with Crippen molar-refractivity contribution >= 4 is 63.3 Å². The van der Waals surface area contributed by atoms with E-state index in [1.54, 1.807) is 37.4 Å². The van der Waals surface area contributed by atoms with Gasteiger partial charge < -0.3 is 10.1 Å². The highest BCUT2D eigenvalue weighted by atomic mass is 35.5. The molecule has 2 amide bonds. The Morgan fingerprint density at radius 3 is 2.66 bits per heavy atom. The number of ether oxygens (including phenoxy) is 1. The minimum absolute atomic E-state index is 0.0193. The second-order valence-corrected chi connectivity index (χ2v) is 8.47. The molecule has 1 fully saturated rings. The van der Waals surface area contributed by atoms with Crippen LogP contribution in [0, 0.1) is 6.92 Å². The number of hydrogen-bond donors (Lipinski definition) is 1. The molecule has 2 aromatic carbocycles. The first-order chi connectivity index (χ1) is 13.8. The summed E-state index contributed by atoms with van der Waals surface area (Å²) in [5.74, 6) is 0.0879. The minimum Gasteiger partial charge on any atom is -0.494 e. The van der Waals surface area contributed by atoms with Crippen molar-refractivity contribution in [3.8, 4) is 5.75 Å². The fourth-order valence-electron chi connectivity index (χ4n) is 2.75. The van der Waals surface area contributed by atoms with Crippen LogP contribution in [0.2, 0.25) is 10.0 Å². The zero-order valence-corrected chi connectivity index (χ0v) is 18.4. The lowest BCUT2D eigenvalue weighted by atomic mass is 10.2. The Balaban J connectivity index is 1.74. The highest BCUT2D eigenvalue weighted by Gasteiger charge is 2.37. The van der Waals surface area contributed by atoms with Gasteiger partial charge in [-0.25, -0.2) is 4.99 Å². The van der Waals surface area contributed by atoms with Crippen molar-refractivity contribution in [2.24, 2.45) is 4.99 Å². The normalized spacial score (nSPS) is 17.7. The van der Waals surface area contributed by atoms with Crippen LogP contribution in [0.25, 0.3) is 0 Å². The monoisotopic (exact) mass is 451 g/mol. The predicted molar refractivity (Wildman–Crippen MR) is 119 cm³/mol. The third kappa shape index (κ3) is 5.04. The van der Waals surface area contributed by atoms with Crippen LogP contribution in [-0.4, -0.2) is 41.3 Å². The minimum atomic E-state index is -0.566. The molecule has 152 valence electrons. The number of rotatable bonds is 5. The molecule has 1 heterocycles. The van der Waals surface area contributed by atoms with E-state index in [9.17, 15) is 9.59 Å². The van der Waals surface area contributed by atoms with Crippen molar-refractivity contribution in [2.45, 2.75) is 18.6 Å². The highest BCUT2D eigenvalue weighted by Crippen LogP contribution is 2.35. The molecule has 0 spiro atoms. The molecular formula is C20H19Cl2N3O3S. The number of amides is 2. The molecule has 0 bridgehead atoms. The maximum atomic E-state index is 12.6. The smallest absolute Gasteiger partial charge is 0.242 e. The van der Waals surface area contributed by atoms with Crippen LogP contribution in [0.5, 0.6) is 5.75 Å². The van der Waals surface area contributed by atoms with Gasteiger partial charge in [-0.3, -0.25) is 14.5 Å². The summed E-state index contributed by atoms with van der Waals surface area (Å²) in [6.07, 6.45) is 0.0193. The van der Waals surface area contributed by atoms with E-state index in [0.717, 1.165) is 5.56 Å². The van der Waals surface area contributed by atoms with E-state index in [2.05, 4.69) is 10.3 Å². The molecule has 6 nitrogen and oxygen atoms in total. The van der Waals surface area contributed by atoms with E-state index < -0.39 is 5.25 Å². The van der Waals surface area contributed by atoms with Gasteiger partial charge in [-0.15, -0.1) is 0 Å². The lowest BCUT2D eigenvalue weighted by Crippen LogP contribution is -2.30. The van der Waals surface area contributed by atoms with Gasteiger partial charge in [-0.1, -0.05) is 41.0 Å². The zero-order chi connectivity index (χ0) is 21.1. The number of carbonyl (C=O) groups excluding carboxylic acids is 2. The maximum absolute atomic E-state index is 12.6. The summed E-state index contributed by atoms with van der Waals surface area (Å²) in [6, 6.07) is 10.3. The van der Waals surface area contributed by atoms with E-state index in [4.69, 9.17) is 27.9 Å². The van der Waals surface area contributed by atoms with E-state index in [1.807, 2.05) is 13.0 Å². The van der Waals surface area contributed by atoms with Crippen molar-refractivity contribution in [3.63, 3.8) is 0 Å². The van der Waals surface area contributed by atoms with Gasteiger partial charge in [0.2, 0.25) is 11.8 Å². The third-order valence-corrected chi connectivity index (χ3v) is 6.04. The molecule has 0 aromatic heterocycles. The average Bonchev–Trinajstić information content (AvgIpc) is 2.93. The summed E-state index contributed by atoms with van der Waals surface area (Å²) in [7, 11) is 3.17. The molecule has 0 saturated carbocycles. The SMILES string of the molecule is COc1ccc(Cl)cc1N=C1S[C@H](CC(=O)Nc2cc(Cl)ccc2C)C(=O)N1C. The first kappa shape index (κ1) is 21.5. The summed E-state index contributed by atoms with van der Waals surface area (Å²) >= 11 is 13.3. The van der Waals surface area contributed by atoms with Gasteiger partial charge >= 0.3 is 0 Å². The third-order valence-electron chi connectivity index (χ3n) is 4.34. The molecule has 3 rings (SSSR count). The van der Waals surface area contributed by atoms with Crippen LogP contribution >= 0.6 is 35.0 Å². The van der Waals surface area contributed by atoms with E-state index in [-0.39, 0.29) is 18.2 Å². The Labute approximate surface area is 183 Å². The molecule has 1 saturated heterocycles. The van der Waals surface area contributed by atoms with Crippen LogP contribution in [0.15, 0.2) is 41.4 Å². The predicted octanol–water partition coefficient (Wildman–Crippen LogP) is 4.90. The van der Waals surface area contributed by atoms with Gasteiger partial charge in [0.1, 0.15) is 16.7 Å². The fourth-order valence-corrected chi connectivity index (χ4v) is 4.24. The zero-order valence-electron chi connectivity index (χ0n) is 16.0. The molecule has 29 heavy (non-hydrogen) atoms. The van der Waals surface area contributed by atoms with Gasteiger partial charge in [-0.2, -0.15) is 0 Å². The van der Waals surface area contributed by atoms with Gasteiger partial charge in [0.15, 0.2) is 5.17 Å². The summed E-state index contributed by atoms with van der Waals surface area (Å²) in [4.78, 5) is 31.0. The number of thioether (sulfide) groups is 1. The lowest BCUT2D eigenvalue weighted by molar-refractivity contribution is -0.127. The first-order valence-electron chi connectivity index (χ1n) is 8.71. The number of nitrogens with zero attached hydrogens (tertiary/aromatic N) is 2. The molecule has 1 N–H and O–H groups in total. The number of benzene rings is 2. The number of nitrogens with one attached hydrogen (secondary N) is 1. The van der Waals surface area contributed by atoms with E-state index in [1.165, 1.54) is 23.8 Å². The number of aryl methyl sites for hydroxylation is 1. The molecule has 1 aliphatic heterocycles. The number of carbonyl (C=O) groups is 2. The van der Waals surface area contributed by atoms with Crippen LogP contribution in [-0.2, 0) is 9.59 Å². The van der Waals surface area contributed by atoms with Crippen LogP contribution in [0.4, 0.5) is 11.4 Å². The van der Waals surface area contributed by atoms with E-state index in [0.29, 0.717) is 32.3 Å². The molecule has 0 radical (unpaired) electrons. The van der Waals surface area contributed by atoms with Gasteiger partial charge in [0.05, 0.1) is 7.11 Å². The Kier molecular flexibility index (Phi) is 6.72. The molecule has 0 unspecified atom stereocenters. The Bertz CT molecular complexity index is 997. The summed E-state index contributed by atoms with van der Waals surface area (Å²) < 4.78 is 5.30. The number of methoxy groups -OCH3 is 1. The number of aliphatic imine (C=N–C) groups is 1. The highest BCUT2D eigenvalue weighted by molar-refractivity contribution is 8.15. The number of anilines is 1. The van der Waals surface area contributed by atoms with Crippen LogP contribution in [0.1, 0.15) is 12.0 Å². The van der Waals surface area contributed by atoms with Crippen molar-refractivity contribution < 1.29 is 14.3 Å². The van der Waals surface area contributed by atoms with Crippen LogP contribution in [0.3, 0.4) is 0 Å². The van der Waals surface area contributed by atoms with Gasteiger partial charge in [0, 0.05) is 29.2 Å². The quantitative estimate of drug-likeness (QED) is 0.701. The lowest BCUT2D eigenvalue weighted by Gasteiger charge is -2.11. The number of hydrogen-bond acceptors (Lipinski definition) is 5. The largest absolute Gasteiger partial charge is 0.494 e.